The SMILES string of the molecule is CC(=O)OC[C@H]1O[C@H](Sc2ccccc2)[C@H](N2C(=O)c3ccccc3C2=O)[C@@H](OC(C)=O)[C@@H]1OC(C)=O. The number of hydrogen-bond donors (Lipinski definition) is 0. The molecule has 5 atom stereocenters. The van der Waals surface area contributed by atoms with Crippen molar-refractivity contribution in [2.75, 3.05) is 6.61 Å². The average Bonchev–Trinajstić information content (AvgIpc) is 3.10. The summed E-state index contributed by atoms with van der Waals surface area (Å²) in [4.78, 5) is 64.6. The van der Waals surface area contributed by atoms with Gasteiger partial charge in [-0.05, 0) is 24.3 Å². The van der Waals surface area contributed by atoms with Crippen LogP contribution in [0, 0.1) is 0 Å². The molecule has 1 saturated heterocycles. The fraction of sp³-hybridized carbons (Fsp3) is 0.346. The fourth-order valence-electron chi connectivity index (χ4n) is 4.37. The molecule has 0 bridgehead atoms. The maximum absolute atomic E-state index is 13.5. The van der Waals surface area contributed by atoms with E-state index in [4.69, 9.17) is 18.9 Å². The average molecular weight is 528 g/mol. The number of esters is 3. The molecule has 2 aliphatic heterocycles. The quantitative estimate of drug-likeness (QED) is 0.301. The van der Waals surface area contributed by atoms with Crippen molar-refractivity contribution in [2.45, 2.75) is 55.5 Å². The van der Waals surface area contributed by atoms with Crippen molar-refractivity contribution < 1.29 is 42.9 Å². The maximum Gasteiger partial charge on any atom is 0.303 e. The van der Waals surface area contributed by atoms with Gasteiger partial charge in [-0.25, -0.2) is 0 Å². The zero-order valence-electron chi connectivity index (χ0n) is 20.3. The zero-order chi connectivity index (χ0) is 26.7. The molecule has 4 rings (SSSR count). The van der Waals surface area contributed by atoms with Crippen LogP contribution >= 0.6 is 11.8 Å². The lowest BCUT2D eigenvalue weighted by Gasteiger charge is -2.47. The highest BCUT2D eigenvalue weighted by molar-refractivity contribution is 7.99. The number of rotatable bonds is 7. The van der Waals surface area contributed by atoms with Gasteiger partial charge in [-0.3, -0.25) is 28.9 Å². The van der Waals surface area contributed by atoms with Crippen LogP contribution in [0.3, 0.4) is 0 Å². The molecule has 0 spiro atoms. The molecule has 2 aromatic rings. The first-order valence-corrected chi connectivity index (χ1v) is 12.4. The molecule has 2 heterocycles. The van der Waals surface area contributed by atoms with Crippen molar-refractivity contribution in [3.8, 4) is 0 Å². The van der Waals surface area contributed by atoms with Crippen molar-refractivity contribution in [2.24, 2.45) is 0 Å². The normalized spacial score (nSPS) is 24.8. The van der Waals surface area contributed by atoms with Gasteiger partial charge in [0.05, 0.1) is 11.1 Å². The number of benzene rings is 2. The molecule has 0 aromatic heterocycles. The lowest BCUT2D eigenvalue weighted by molar-refractivity contribution is -0.216. The van der Waals surface area contributed by atoms with Gasteiger partial charge >= 0.3 is 17.9 Å². The van der Waals surface area contributed by atoms with Crippen molar-refractivity contribution in [3.63, 3.8) is 0 Å². The third-order valence-electron chi connectivity index (χ3n) is 5.79. The topological polar surface area (TPSA) is 126 Å². The molecule has 2 amide bonds. The molecule has 1 fully saturated rings. The Morgan fingerprint density at radius 1 is 0.811 bits per heavy atom. The summed E-state index contributed by atoms with van der Waals surface area (Å²) in [5, 5.41) is 0. The molecule has 10 nitrogen and oxygen atoms in total. The van der Waals surface area contributed by atoms with Crippen LogP contribution in [0.4, 0.5) is 0 Å². The first-order chi connectivity index (χ1) is 17.7. The summed E-state index contributed by atoms with van der Waals surface area (Å²) < 4.78 is 22.5. The third kappa shape index (κ3) is 5.67. The number of fused-ring (bicyclic) bond motifs is 1. The first-order valence-electron chi connectivity index (χ1n) is 11.5. The Morgan fingerprint density at radius 2 is 1.35 bits per heavy atom. The number of thioether (sulfide) groups is 1. The summed E-state index contributed by atoms with van der Waals surface area (Å²) in [5.41, 5.74) is -0.575. The fourth-order valence-corrected chi connectivity index (χ4v) is 5.56. The number of amides is 2. The van der Waals surface area contributed by atoms with E-state index >= 15 is 0 Å². The van der Waals surface area contributed by atoms with E-state index in [0.29, 0.717) is 0 Å². The summed E-state index contributed by atoms with van der Waals surface area (Å²) in [6.45, 7) is 3.23. The van der Waals surface area contributed by atoms with Gasteiger partial charge in [-0.1, -0.05) is 42.1 Å². The Hall–Kier alpha value is -3.70. The Bertz CT molecular complexity index is 1180. The van der Waals surface area contributed by atoms with Crippen molar-refractivity contribution in [3.05, 3.63) is 65.7 Å². The van der Waals surface area contributed by atoms with E-state index in [9.17, 15) is 24.0 Å². The lowest BCUT2D eigenvalue weighted by atomic mass is 9.96. The van der Waals surface area contributed by atoms with E-state index < -0.39 is 59.5 Å². The lowest BCUT2D eigenvalue weighted by Crippen LogP contribution is -2.66. The summed E-state index contributed by atoms with van der Waals surface area (Å²) in [5.74, 6) is -3.21. The van der Waals surface area contributed by atoms with Gasteiger partial charge in [0, 0.05) is 25.7 Å². The molecule has 11 heteroatoms. The van der Waals surface area contributed by atoms with E-state index in [1.807, 2.05) is 30.3 Å². The predicted octanol–water partition coefficient (Wildman–Crippen LogP) is 2.59. The second-order valence-electron chi connectivity index (χ2n) is 8.44. The number of nitrogens with zero attached hydrogens (tertiary/aromatic N) is 1. The molecule has 0 radical (unpaired) electrons. The number of carbonyl (C=O) groups excluding carboxylic acids is 5. The van der Waals surface area contributed by atoms with Gasteiger partial charge in [0.25, 0.3) is 11.8 Å². The van der Waals surface area contributed by atoms with Crippen molar-refractivity contribution in [1.29, 1.82) is 0 Å². The maximum atomic E-state index is 13.5. The highest BCUT2D eigenvalue weighted by atomic mass is 32.2. The zero-order valence-corrected chi connectivity index (χ0v) is 21.1. The van der Waals surface area contributed by atoms with Crippen LogP contribution in [0.25, 0.3) is 0 Å². The van der Waals surface area contributed by atoms with Crippen LogP contribution in [0.2, 0.25) is 0 Å². The van der Waals surface area contributed by atoms with E-state index in [-0.39, 0.29) is 17.7 Å². The van der Waals surface area contributed by atoms with Gasteiger partial charge in [-0.2, -0.15) is 0 Å². The van der Waals surface area contributed by atoms with Crippen molar-refractivity contribution in [1.82, 2.24) is 4.90 Å². The van der Waals surface area contributed by atoms with Gasteiger partial charge < -0.3 is 18.9 Å². The number of imide groups is 1. The van der Waals surface area contributed by atoms with Crippen LogP contribution in [-0.2, 0) is 33.3 Å². The highest BCUT2D eigenvalue weighted by Gasteiger charge is 2.56. The van der Waals surface area contributed by atoms with E-state index in [1.54, 1.807) is 12.1 Å². The Labute approximate surface area is 217 Å². The van der Waals surface area contributed by atoms with Gasteiger partial charge in [0.1, 0.15) is 24.2 Å². The Kier molecular flexibility index (Phi) is 7.94. The van der Waals surface area contributed by atoms with Crippen molar-refractivity contribution >= 4 is 41.5 Å². The molecule has 0 unspecified atom stereocenters. The Balaban J connectivity index is 1.81. The van der Waals surface area contributed by atoms with Crippen LogP contribution in [0.5, 0.6) is 0 Å². The molecule has 2 aliphatic rings. The Morgan fingerprint density at radius 3 is 1.89 bits per heavy atom. The molecular weight excluding hydrogens is 502 g/mol. The third-order valence-corrected chi connectivity index (χ3v) is 6.96. The largest absolute Gasteiger partial charge is 0.463 e. The van der Waals surface area contributed by atoms with Crippen LogP contribution in [-0.4, -0.2) is 71.0 Å². The van der Waals surface area contributed by atoms with E-state index in [2.05, 4.69) is 0 Å². The molecular formula is C26H25NO9S. The van der Waals surface area contributed by atoms with Gasteiger partial charge in [0.15, 0.2) is 12.2 Å². The highest BCUT2D eigenvalue weighted by Crippen LogP contribution is 2.40. The molecule has 37 heavy (non-hydrogen) atoms. The molecule has 194 valence electrons. The van der Waals surface area contributed by atoms with Crippen LogP contribution in [0.15, 0.2) is 59.5 Å². The molecule has 0 aliphatic carbocycles. The summed E-state index contributed by atoms with van der Waals surface area (Å²) >= 11 is 1.19. The summed E-state index contributed by atoms with van der Waals surface area (Å²) in [6.07, 6.45) is -3.63. The molecule has 0 N–H and O–H groups in total. The second kappa shape index (κ2) is 11.1. The minimum Gasteiger partial charge on any atom is -0.463 e. The van der Waals surface area contributed by atoms with E-state index in [0.717, 1.165) is 16.7 Å². The van der Waals surface area contributed by atoms with Crippen LogP contribution < -0.4 is 0 Å². The number of hydrogen-bond acceptors (Lipinski definition) is 10. The number of carbonyl (C=O) groups is 5. The first kappa shape index (κ1) is 26.4. The number of ether oxygens (including phenoxy) is 4. The summed E-state index contributed by atoms with van der Waals surface area (Å²) in [7, 11) is 0. The van der Waals surface area contributed by atoms with Gasteiger partial charge in [-0.15, -0.1) is 0 Å². The standard InChI is InChI=1S/C26H25NO9S/c1-14(28)33-13-20-22(34-15(2)29)23(35-16(3)30)21(26(36-20)37-17-9-5-4-6-10-17)27-24(31)18-11-7-8-12-19(18)25(27)32/h4-12,20-23,26H,13H2,1-3H3/t20-,21-,22-,23-,26-/m1/s1. The van der Waals surface area contributed by atoms with Gasteiger partial charge in [0.2, 0.25) is 0 Å². The smallest absolute Gasteiger partial charge is 0.303 e. The molecule has 0 saturated carbocycles. The monoisotopic (exact) mass is 527 g/mol. The minimum absolute atomic E-state index is 0.198. The van der Waals surface area contributed by atoms with E-state index in [1.165, 1.54) is 37.7 Å². The minimum atomic E-state index is -1.31. The predicted molar refractivity (Wildman–Crippen MR) is 129 cm³/mol. The molecule has 2 aromatic carbocycles. The van der Waals surface area contributed by atoms with Crippen LogP contribution in [0.1, 0.15) is 41.5 Å². The summed E-state index contributed by atoms with van der Waals surface area (Å²) in [6, 6.07) is 14.2. The second-order valence-corrected chi connectivity index (χ2v) is 9.61.